The van der Waals surface area contributed by atoms with E-state index in [9.17, 15) is 9.59 Å². The van der Waals surface area contributed by atoms with Gasteiger partial charge in [0.25, 0.3) is 5.91 Å². The van der Waals surface area contributed by atoms with Crippen molar-refractivity contribution in [3.63, 3.8) is 0 Å². The highest BCUT2D eigenvalue weighted by atomic mass is 16.5. The van der Waals surface area contributed by atoms with Gasteiger partial charge in [-0.05, 0) is 72.9 Å². The lowest BCUT2D eigenvalue weighted by Gasteiger charge is -2.26. The Morgan fingerprint density at radius 3 is 2.27 bits per heavy atom. The average molecular weight is 500 g/mol. The molecule has 190 valence electrons. The van der Waals surface area contributed by atoms with Gasteiger partial charge < -0.3 is 23.5 Å². The molecule has 0 bridgehead atoms. The summed E-state index contributed by atoms with van der Waals surface area (Å²) in [7, 11) is 4.75. The maximum Gasteiger partial charge on any atom is 0.290 e. The summed E-state index contributed by atoms with van der Waals surface area (Å²) in [6.45, 7) is 4.22. The van der Waals surface area contributed by atoms with E-state index in [2.05, 4.69) is 0 Å². The lowest BCUT2D eigenvalue weighted by Crippen LogP contribution is -2.31. The molecule has 1 aliphatic heterocycles. The fourth-order valence-electron chi connectivity index (χ4n) is 5.12. The number of rotatable bonds is 7. The number of nitrogens with zero attached hydrogens (tertiary/aromatic N) is 1. The van der Waals surface area contributed by atoms with Crippen molar-refractivity contribution >= 4 is 16.9 Å². The SMILES string of the molecule is COc1ccc(CCN2C(=O)c3oc4c(C)cc(C)cc4c(=O)c3C2c2ccc(OC)c(OC)c2)cc1. The zero-order valence-electron chi connectivity index (χ0n) is 21.6. The van der Waals surface area contributed by atoms with E-state index in [-0.39, 0.29) is 17.1 Å². The van der Waals surface area contributed by atoms with Crippen LogP contribution >= 0.6 is 0 Å². The molecular formula is C30H29NO6. The van der Waals surface area contributed by atoms with Crippen molar-refractivity contribution in [2.45, 2.75) is 26.3 Å². The molecule has 0 fully saturated rings. The average Bonchev–Trinajstić information content (AvgIpc) is 3.19. The van der Waals surface area contributed by atoms with Crippen LogP contribution in [0.5, 0.6) is 17.2 Å². The molecule has 2 heterocycles. The van der Waals surface area contributed by atoms with Gasteiger partial charge in [0, 0.05) is 6.54 Å². The molecule has 37 heavy (non-hydrogen) atoms. The van der Waals surface area contributed by atoms with Crippen molar-refractivity contribution < 1.29 is 23.4 Å². The van der Waals surface area contributed by atoms with Crippen LogP contribution in [0.3, 0.4) is 0 Å². The van der Waals surface area contributed by atoms with E-state index in [1.165, 1.54) is 0 Å². The molecule has 1 unspecified atom stereocenters. The number of methoxy groups -OCH3 is 3. The Kier molecular flexibility index (Phi) is 6.38. The number of hydrogen-bond donors (Lipinski definition) is 0. The number of fused-ring (bicyclic) bond motifs is 2. The minimum absolute atomic E-state index is 0.0963. The lowest BCUT2D eigenvalue weighted by molar-refractivity contribution is 0.0730. The molecule has 5 rings (SSSR count). The van der Waals surface area contributed by atoms with Crippen LogP contribution in [0, 0.1) is 13.8 Å². The standard InChI is InChI=1S/C30H29NO6/c1-17-14-18(2)28-22(15-17)27(32)25-26(20-8-11-23(35-4)24(16-20)36-5)31(30(33)29(25)37-28)13-12-19-6-9-21(34-3)10-7-19/h6-11,14-16,26H,12-13H2,1-5H3. The largest absolute Gasteiger partial charge is 0.497 e. The molecule has 0 N–H and O–H groups in total. The Balaban J connectivity index is 1.65. The molecule has 7 heteroatoms. The van der Waals surface area contributed by atoms with Crippen LogP contribution in [0.1, 0.15) is 44.4 Å². The molecular weight excluding hydrogens is 470 g/mol. The highest BCUT2D eigenvalue weighted by molar-refractivity contribution is 5.99. The van der Waals surface area contributed by atoms with Gasteiger partial charge in [-0.3, -0.25) is 9.59 Å². The first kappa shape index (κ1) is 24.4. The molecule has 0 saturated carbocycles. The quantitative estimate of drug-likeness (QED) is 0.347. The predicted molar refractivity (Wildman–Crippen MR) is 141 cm³/mol. The molecule has 1 aliphatic rings. The number of benzene rings is 3. The minimum Gasteiger partial charge on any atom is -0.497 e. The second-order valence-corrected chi connectivity index (χ2v) is 9.25. The minimum atomic E-state index is -0.623. The summed E-state index contributed by atoms with van der Waals surface area (Å²) in [5, 5.41) is 0.478. The first-order valence-electron chi connectivity index (χ1n) is 12.1. The van der Waals surface area contributed by atoms with Crippen LogP contribution in [-0.2, 0) is 6.42 Å². The van der Waals surface area contributed by atoms with E-state index in [4.69, 9.17) is 18.6 Å². The zero-order chi connectivity index (χ0) is 26.3. The van der Waals surface area contributed by atoms with Gasteiger partial charge in [-0.2, -0.15) is 0 Å². The fourth-order valence-corrected chi connectivity index (χ4v) is 5.12. The molecule has 0 spiro atoms. The number of amides is 1. The predicted octanol–water partition coefficient (Wildman–Crippen LogP) is 5.22. The maximum atomic E-state index is 13.9. The second kappa shape index (κ2) is 9.65. The summed E-state index contributed by atoms with van der Waals surface area (Å²) in [4.78, 5) is 29.4. The van der Waals surface area contributed by atoms with Crippen molar-refractivity contribution in [3.05, 3.63) is 98.4 Å². The van der Waals surface area contributed by atoms with Gasteiger partial charge in [0.05, 0.1) is 38.3 Å². The van der Waals surface area contributed by atoms with E-state index in [0.29, 0.717) is 41.0 Å². The first-order valence-corrected chi connectivity index (χ1v) is 12.1. The molecule has 0 radical (unpaired) electrons. The van der Waals surface area contributed by atoms with Gasteiger partial charge in [-0.25, -0.2) is 0 Å². The van der Waals surface area contributed by atoms with Crippen LogP contribution in [0.15, 0.2) is 63.8 Å². The van der Waals surface area contributed by atoms with Crippen molar-refractivity contribution in [2.75, 3.05) is 27.9 Å². The Bertz CT molecular complexity index is 1550. The number of ether oxygens (including phenoxy) is 3. The first-order chi connectivity index (χ1) is 17.9. The number of aryl methyl sites for hydroxylation is 2. The van der Waals surface area contributed by atoms with Crippen molar-refractivity contribution in [1.82, 2.24) is 4.90 Å². The molecule has 1 aromatic heterocycles. The summed E-state index contributed by atoms with van der Waals surface area (Å²) >= 11 is 0. The van der Waals surface area contributed by atoms with E-state index < -0.39 is 6.04 Å². The summed E-state index contributed by atoms with van der Waals surface area (Å²) in [6.07, 6.45) is 0.597. The van der Waals surface area contributed by atoms with Gasteiger partial charge in [0.1, 0.15) is 11.3 Å². The van der Waals surface area contributed by atoms with Crippen LogP contribution in [-0.4, -0.2) is 38.7 Å². The Labute approximate surface area is 215 Å². The third-order valence-corrected chi connectivity index (χ3v) is 6.92. The normalized spacial score (nSPS) is 14.7. The fraction of sp³-hybridized carbons (Fsp3) is 0.267. The van der Waals surface area contributed by atoms with Crippen LogP contribution in [0.25, 0.3) is 11.0 Å². The molecule has 3 aromatic carbocycles. The Morgan fingerprint density at radius 2 is 1.59 bits per heavy atom. The van der Waals surface area contributed by atoms with Crippen LogP contribution in [0.2, 0.25) is 0 Å². The summed E-state index contributed by atoms with van der Waals surface area (Å²) in [5.74, 6) is 1.65. The van der Waals surface area contributed by atoms with Crippen molar-refractivity contribution in [1.29, 1.82) is 0 Å². The third-order valence-electron chi connectivity index (χ3n) is 6.92. The Hall–Kier alpha value is -4.26. The molecule has 0 saturated heterocycles. The molecule has 7 nitrogen and oxygen atoms in total. The van der Waals surface area contributed by atoms with E-state index in [0.717, 1.165) is 28.0 Å². The highest BCUT2D eigenvalue weighted by Crippen LogP contribution is 2.41. The van der Waals surface area contributed by atoms with Gasteiger partial charge in [0.15, 0.2) is 16.9 Å². The Morgan fingerprint density at radius 1 is 0.865 bits per heavy atom. The number of hydrogen-bond acceptors (Lipinski definition) is 6. The second-order valence-electron chi connectivity index (χ2n) is 9.25. The zero-order valence-corrected chi connectivity index (χ0v) is 21.6. The van der Waals surface area contributed by atoms with Gasteiger partial charge in [-0.15, -0.1) is 0 Å². The van der Waals surface area contributed by atoms with Gasteiger partial charge in [0.2, 0.25) is 5.76 Å². The van der Waals surface area contributed by atoms with E-state index in [1.807, 2.05) is 62.4 Å². The van der Waals surface area contributed by atoms with Gasteiger partial charge >= 0.3 is 0 Å². The molecule has 4 aromatic rings. The van der Waals surface area contributed by atoms with Gasteiger partial charge in [-0.1, -0.05) is 24.3 Å². The van der Waals surface area contributed by atoms with Crippen molar-refractivity contribution in [3.8, 4) is 17.2 Å². The maximum absolute atomic E-state index is 13.9. The summed E-state index contributed by atoms with van der Waals surface area (Å²) < 4.78 is 22.4. The summed E-state index contributed by atoms with van der Waals surface area (Å²) in [6, 6.07) is 16.3. The lowest BCUT2D eigenvalue weighted by atomic mass is 9.97. The summed E-state index contributed by atoms with van der Waals surface area (Å²) in [5.41, 5.74) is 4.18. The van der Waals surface area contributed by atoms with E-state index in [1.54, 1.807) is 32.3 Å². The molecule has 1 amide bonds. The topological polar surface area (TPSA) is 78.2 Å². The third kappa shape index (κ3) is 4.20. The van der Waals surface area contributed by atoms with E-state index >= 15 is 0 Å². The number of carbonyl (C=O) groups is 1. The molecule has 0 aliphatic carbocycles. The van der Waals surface area contributed by atoms with Crippen molar-refractivity contribution in [2.24, 2.45) is 0 Å². The molecule has 1 atom stereocenters. The monoisotopic (exact) mass is 499 g/mol. The smallest absolute Gasteiger partial charge is 0.290 e. The van der Waals surface area contributed by atoms with Crippen LogP contribution in [0.4, 0.5) is 0 Å². The number of carbonyl (C=O) groups excluding carboxylic acids is 1. The van der Waals surface area contributed by atoms with Crippen LogP contribution < -0.4 is 19.6 Å². The highest BCUT2D eigenvalue weighted by Gasteiger charge is 2.43.